The number of furan rings is 1. The Bertz CT molecular complexity index is 343. The van der Waals surface area contributed by atoms with E-state index in [9.17, 15) is 4.79 Å². The van der Waals surface area contributed by atoms with Crippen LogP contribution in [0.4, 0.5) is 0 Å². The monoisotopic (exact) mass is 200 g/mol. The van der Waals surface area contributed by atoms with Gasteiger partial charge in [-0.25, -0.2) is 0 Å². The summed E-state index contributed by atoms with van der Waals surface area (Å²) >= 11 is 5.67. The van der Waals surface area contributed by atoms with Crippen LogP contribution in [0.2, 0.25) is 5.22 Å². The van der Waals surface area contributed by atoms with Crippen molar-refractivity contribution in [3.8, 4) is 0 Å². The summed E-state index contributed by atoms with van der Waals surface area (Å²) in [5.41, 5.74) is 1.07. The molecular formula is C9H9ClO3. The maximum absolute atomic E-state index is 10.5. The van der Waals surface area contributed by atoms with Crippen LogP contribution in [0.1, 0.15) is 30.1 Å². The van der Waals surface area contributed by atoms with Crippen LogP contribution in [0.25, 0.3) is 0 Å². The number of aliphatic carboxylic acids is 1. The third kappa shape index (κ3) is 1.56. The summed E-state index contributed by atoms with van der Waals surface area (Å²) in [5.74, 6) is -0.00206. The zero-order valence-corrected chi connectivity index (χ0v) is 7.67. The number of carboxylic acids is 1. The van der Waals surface area contributed by atoms with E-state index in [1.807, 2.05) is 0 Å². The van der Waals surface area contributed by atoms with Crippen molar-refractivity contribution in [2.75, 3.05) is 0 Å². The van der Waals surface area contributed by atoms with Gasteiger partial charge < -0.3 is 9.52 Å². The predicted molar refractivity (Wildman–Crippen MR) is 47.0 cm³/mol. The average molecular weight is 201 g/mol. The van der Waals surface area contributed by atoms with E-state index >= 15 is 0 Å². The SMILES string of the molecule is O=C(O)CC1CCc2cc(Cl)oc21. The number of hydrogen-bond donors (Lipinski definition) is 1. The highest BCUT2D eigenvalue weighted by molar-refractivity contribution is 6.28. The van der Waals surface area contributed by atoms with Crippen LogP contribution in [0.3, 0.4) is 0 Å². The minimum Gasteiger partial charge on any atom is -0.481 e. The molecule has 0 radical (unpaired) electrons. The molecule has 0 aromatic carbocycles. The molecule has 2 rings (SSSR count). The van der Waals surface area contributed by atoms with E-state index in [-0.39, 0.29) is 12.3 Å². The van der Waals surface area contributed by atoms with Crippen LogP contribution in [0.15, 0.2) is 10.5 Å². The molecule has 0 saturated heterocycles. The predicted octanol–water partition coefficient (Wildman–Crippen LogP) is 2.44. The van der Waals surface area contributed by atoms with Crippen molar-refractivity contribution < 1.29 is 14.3 Å². The van der Waals surface area contributed by atoms with Gasteiger partial charge in [0.1, 0.15) is 5.76 Å². The second-order valence-corrected chi connectivity index (χ2v) is 3.65. The second-order valence-electron chi connectivity index (χ2n) is 3.27. The van der Waals surface area contributed by atoms with E-state index in [4.69, 9.17) is 21.1 Å². The van der Waals surface area contributed by atoms with Crippen molar-refractivity contribution in [2.24, 2.45) is 0 Å². The van der Waals surface area contributed by atoms with Crippen molar-refractivity contribution in [3.63, 3.8) is 0 Å². The minimum atomic E-state index is -0.787. The van der Waals surface area contributed by atoms with E-state index in [1.165, 1.54) is 0 Å². The largest absolute Gasteiger partial charge is 0.481 e. The summed E-state index contributed by atoms with van der Waals surface area (Å²) in [4.78, 5) is 10.5. The molecule has 4 heteroatoms. The smallest absolute Gasteiger partial charge is 0.304 e. The van der Waals surface area contributed by atoms with Crippen LogP contribution in [0, 0.1) is 0 Å². The third-order valence-corrected chi connectivity index (χ3v) is 2.55. The molecule has 0 bridgehead atoms. The first-order chi connectivity index (χ1) is 6.16. The number of fused-ring (bicyclic) bond motifs is 1. The van der Waals surface area contributed by atoms with Gasteiger partial charge in [-0.3, -0.25) is 4.79 Å². The van der Waals surface area contributed by atoms with Crippen LogP contribution in [-0.2, 0) is 11.2 Å². The zero-order chi connectivity index (χ0) is 9.42. The fourth-order valence-corrected chi connectivity index (χ4v) is 2.03. The molecule has 0 spiro atoms. The number of carboxylic acid groups (broad SMARTS) is 1. The third-order valence-electron chi connectivity index (χ3n) is 2.37. The first kappa shape index (κ1) is 8.63. The van der Waals surface area contributed by atoms with Gasteiger partial charge in [0.2, 0.25) is 0 Å². The lowest BCUT2D eigenvalue weighted by Crippen LogP contribution is -2.02. The number of aryl methyl sites for hydroxylation is 1. The molecular weight excluding hydrogens is 192 g/mol. The van der Waals surface area contributed by atoms with Gasteiger partial charge in [0.25, 0.3) is 0 Å². The highest BCUT2D eigenvalue weighted by Gasteiger charge is 2.28. The lowest BCUT2D eigenvalue weighted by atomic mass is 10.0. The molecule has 13 heavy (non-hydrogen) atoms. The molecule has 1 N–H and O–H groups in total. The normalized spacial score (nSPS) is 20.2. The average Bonchev–Trinajstić information content (AvgIpc) is 2.51. The Hall–Kier alpha value is -0.960. The van der Waals surface area contributed by atoms with Crippen LogP contribution >= 0.6 is 11.6 Å². The Labute approximate surface area is 80.3 Å². The fourth-order valence-electron chi connectivity index (χ4n) is 1.82. The summed E-state index contributed by atoms with van der Waals surface area (Å²) in [6.45, 7) is 0. The zero-order valence-electron chi connectivity index (χ0n) is 6.92. The maximum Gasteiger partial charge on any atom is 0.304 e. The molecule has 1 aromatic heterocycles. The van der Waals surface area contributed by atoms with Crippen LogP contribution < -0.4 is 0 Å². The van der Waals surface area contributed by atoms with Gasteiger partial charge in [-0.05, 0) is 36.1 Å². The Morgan fingerprint density at radius 1 is 1.77 bits per heavy atom. The molecule has 1 heterocycles. The first-order valence-electron chi connectivity index (χ1n) is 4.16. The van der Waals surface area contributed by atoms with Gasteiger partial charge in [0.05, 0.1) is 6.42 Å². The van der Waals surface area contributed by atoms with Crippen LogP contribution in [-0.4, -0.2) is 11.1 Å². The van der Waals surface area contributed by atoms with Crippen molar-refractivity contribution in [1.29, 1.82) is 0 Å². The van der Waals surface area contributed by atoms with Crippen LogP contribution in [0.5, 0.6) is 0 Å². The molecule has 1 aliphatic carbocycles. The Kier molecular flexibility index (Phi) is 2.04. The lowest BCUT2D eigenvalue weighted by Gasteiger charge is -2.03. The number of rotatable bonds is 2. The van der Waals surface area contributed by atoms with Gasteiger partial charge in [-0.2, -0.15) is 0 Å². The molecule has 1 unspecified atom stereocenters. The molecule has 70 valence electrons. The fraction of sp³-hybridized carbons (Fsp3) is 0.444. The number of halogens is 1. The molecule has 1 atom stereocenters. The van der Waals surface area contributed by atoms with Crippen molar-refractivity contribution in [1.82, 2.24) is 0 Å². The molecule has 0 aliphatic heterocycles. The molecule has 3 nitrogen and oxygen atoms in total. The maximum atomic E-state index is 10.5. The molecule has 0 saturated carbocycles. The minimum absolute atomic E-state index is 0.0139. The Morgan fingerprint density at radius 3 is 3.23 bits per heavy atom. The van der Waals surface area contributed by atoms with Gasteiger partial charge in [0, 0.05) is 5.92 Å². The summed E-state index contributed by atoms with van der Waals surface area (Å²) in [5, 5.41) is 8.99. The van der Waals surface area contributed by atoms with Crippen molar-refractivity contribution in [3.05, 3.63) is 22.6 Å². The topological polar surface area (TPSA) is 50.4 Å². The number of carbonyl (C=O) groups is 1. The second kappa shape index (κ2) is 3.07. The van der Waals surface area contributed by atoms with Crippen molar-refractivity contribution in [2.45, 2.75) is 25.2 Å². The van der Waals surface area contributed by atoms with E-state index in [2.05, 4.69) is 0 Å². The van der Waals surface area contributed by atoms with Gasteiger partial charge in [0.15, 0.2) is 5.22 Å². The van der Waals surface area contributed by atoms with Gasteiger partial charge >= 0.3 is 5.97 Å². The Morgan fingerprint density at radius 2 is 2.54 bits per heavy atom. The molecule has 0 amide bonds. The number of hydrogen-bond acceptors (Lipinski definition) is 2. The van der Waals surface area contributed by atoms with Gasteiger partial charge in [-0.1, -0.05) is 0 Å². The molecule has 1 aromatic rings. The molecule has 1 aliphatic rings. The highest BCUT2D eigenvalue weighted by atomic mass is 35.5. The first-order valence-corrected chi connectivity index (χ1v) is 4.54. The summed E-state index contributed by atoms with van der Waals surface area (Å²) in [7, 11) is 0. The quantitative estimate of drug-likeness (QED) is 0.798. The van der Waals surface area contributed by atoms with E-state index in [1.54, 1.807) is 6.07 Å². The van der Waals surface area contributed by atoms with Gasteiger partial charge in [-0.15, -0.1) is 0 Å². The standard InChI is InChI=1S/C9H9ClO3/c10-7-3-5-1-2-6(4-8(11)12)9(5)13-7/h3,6H,1-2,4H2,(H,11,12). The lowest BCUT2D eigenvalue weighted by molar-refractivity contribution is -0.137. The van der Waals surface area contributed by atoms with E-state index in [0.29, 0.717) is 5.22 Å². The summed E-state index contributed by atoms with van der Waals surface area (Å²) < 4.78 is 5.24. The van der Waals surface area contributed by atoms with E-state index < -0.39 is 5.97 Å². The Balaban J connectivity index is 2.22. The van der Waals surface area contributed by atoms with Crippen molar-refractivity contribution >= 4 is 17.6 Å². The highest BCUT2D eigenvalue weighted by Crippen LogP contribution is 2.38. The summed E-state index contributed by atoms with van der Waals surface area (Å²) in [6.07, 6.45) is 1.87. The summed E-state index contributed by atoms with van der Waals surface area (Å²) in [6, 6.07) is 1.78. The van der Waals surface area contributed by atoms with E-state index in [0.717, 1.165) is 24.2 Å². The molecule has 0 fully saturated rings.